The number of hydrogen-bond acceptors (Lipinski definition) is 1. The number of halogens is 1. The van der Waals surface area contributed by atoms with Gasteiger partial charge in [0.2, 0.25) is 5.69 Å². The van der Waals surface area contributed by atoms with Gasteiger partial charge in [-0.3, -0.25) is 0 Å². The normalized spacial score (nSPS) is 10.2. The number of hydrogen-bond donors (Lipinski definition) is 0. The molecule has 0 aliphatic carbocycles. The molecule has 3 rings (SSSR count). The zero-order chi connectivity index (χ0) is 11.0. The van der Waals surface area contributed by atoms with E-state index in [-0.39, 0.29) is 24.0 Å². The Hall–Kier alpha value is -1.36. The first-order chi connectivity index (χ1) is 7.84. The summed E-state index contributed by atoms with van der Waals surface area (Å²) >= 11 is 0. The third kappa shape index (κ3) is 2.20. The van der Waals surface area contributed by atoms with Crippen LogP contribution in [0, 0.1) is 0 Å². The molecule has 2 heterocycles. The third-order valence-corrected chi connectivity index (χ3v) is 2.73. The summed E-state index contributed by atoms with van der Waals surface area (Å²) in [6.07, 6.45) is 2.02. The van der Waals surface area contributed by atoms with Crippen molar-refractivity contribution in [2.75, 3.05) is 0 Å². The second kappa shape index (κ2) is 4.87. The van der Waals surface area contributed by atoms with E-state index < -0.39 is 0 Å². The van der Waals surface area contributed by atoms with Gasteiger partial charge >= 0.3 is 0 Å². The molecule has 86 valence electrons. The van der Waals surface area contributed by atoms with Crippen LogP contribution >= 0.6 is 0 Å². The second-order valence-corrected chi connectivity index (χ2v) is 3.85. The van der Waals surface area contributed by atoms with Gasteiger partial charge in [0.05, 0.1) is 0 Å². The molecule has 17 heavy (non-hydrogen) atoms. The molecule has 3 aromatic rings. The summed E-state index contributed by atoms with van der Waals surface area (Å²) in [7, 11) is 2.02. The molecule has 2 nitrogen and oxygen atoms in total. The monoisotopic (exact) mass is 337 g/mol. The molecule has 0 radical (unpaired) electrons. The van der Waals surface area contributed by atoms with Crippen LogP contribution < -0.4 is 28.5 Å². The lowest BCUT2D eigenvalue weighted by molar-refractivity contribution is -0.660. The highest BCUT2D eigenvalue weighted by Gasteiger charge is 2.13. The highest BCUT2D eigenvalue weighted by Crippen LogP contribution is 2.25. The van der Waals surface area contributed by atoms with Crippen molar-refractivity contribution in [2.45, 2.75) is 0 Å². The fourth-order valence-corrected chi connectivity index (χ4v) is 1.89. The first-order valence-corrected chi connectivity index (χ1v) is 5.28. The van der Waals surface area contributed by atoms with E-state index in [0.717, 1.165) is 22.4 Å². The molecule has 0 fully saturated rings. The fraction of sp³-hybridized carbons (Fsp3) is 0.0714. The van der Waals surface area contributed by atoms with Gasteiger partial charge in [-0.2, -0.15) is 4.57 Å². The third-order valence-electron chi connectivity index (χ3n) is 2.73. The SMILES string of the molecule is C[n+]1ccccc1-c1cc2ccccc2o1.[I-]. The molecule has 2 aromatic heterocycles. The summed E-state index contributed by atoms with van der Waals surface area (Å²) in [6.45, 7) is 0. The zero-order valence-electron chi connectivity index (χ0n) is 9.43. The smallest absolute Gasteiger partial charge is 0.248 e. The van der Waals surface area contributed by atoms with Crippen LogP contribution in [0.15, 0.2) is 59.1 Å². The largest absolute Gasteiger partial charge is 1.00 e. The first kappa shape index (κ1) is 12.1. The number of aromatic nitrogens is 1. The van der Waals surface area contributed by atoms with Gasteiger partial charge < -0.3 is 28.4 Å². The summed E-state index contributed by atoms with van der Waals surface area (Å²) in [5.41, 5.74) is 2.01. The van der Waals surface area contributed by atoms with Crippen molar-refractivity contribution >= 4 is 11.0 Å². The molecule has 0 spiro atoms. The first-order valence-electron chi connectivity index (χ1n) is 5.28. The van der Waals surface area contributed by atoms with Gasteiger partial charge in [0.15, 0.2) is 12.0 Å². The van der Waals surface area contributed by atoms with Gasteiger partial charge in [0, 0.05) is 17.5 Å². The molecule has 0 saturated heterocycles. The van der Waals surface area contributed by atoms with Crippen molar-refractivity contribution in [3.05, 3.63) is 54.7 Å². The highest BCUT2D eigenvalue weighted by molar-refractivity contribution is 5.81. The lowest BCUT2D eigenvalue weighted by atomic mass is 10.2. The molecular weight excluding hydrogens is 325 g/mol. The van der Waals surface area contributed by atoms with Gasteiger partial charge in [-0.15, -0.1) is 0 Å². The van der Waals surface area contributed by atoms with Crippen molar-refractivity contribution < 1.29 is 33.0 Å². The van der Waals surface area contributed by atoms with Gasteiger partial charge in [-0.25, -0.2) is 0 Å². The molecule has 0 unspecified atom stereocenters. The standard InChI is InChI=1S/C14H12NO.HI/c1-15-9-5-4-7-12(15)14-10-11-6-2-3-8-13(11)16-14;/h2-10H,1H3;1H/q+1;/p-1. The van der Waals surface area contributed by atoms with Crippen molar-refractivity contribution in [1.29, 1.82) is 0 Å². The van der Waals surface area contributed by atoms with Crippen LogP contribution in [-0.4, -0.2) is 0 Å². The summed E-state index contributed by atoms with van der Waals surface area (Å²) < 4.78 is 7.87. The number of nitrogens with zero attached hydrogens (tertiary/aromatic N) is 1. The van der Waals surface area contributed by atoms with Gasteiger partial charge in [-0.05, 0) is 18.2 Å². The predicted octanol–water partition coefficient (Wildman–Crippen LogP) is -0.0717. The lowest BCUT2D eigenvalue weighted by Gasteiger charge is -1.93. The summed E-state index contributed by atoms with van der Waals surface area (Å²) in [6, 6.07) is 16.2. The Morgan fingerprint density at radius 2 is 1.76 bits per heavy atom. The van der Waals surface area contributed by atoms with E-state index in [4.69, 9.17) is 4.42 Å². The molecule has 0 N–H and O–H groups in total. The quantitative estimate of drug-likeness (QED) is 0.449. The minimum Gasteiger partial charge on any atom is -1.00 e. The molecule has 0 amide bonds. The number of rotatable bonds is 1. The number of furan rings is 1. The second-order valence-electron chi connectivity index (χ2n) is 3.85. The Kier molecular flexibility index (Phi) is 3.47. The van der Waals surface area contributed by atoms with Crippen LogP contribution in [0.1, 0.15) is 0 Å². The van der Waals surface area contributed by atoms with Crippen molar-refractivity contribution in [2.24, 2.45) is 7.05 Å². The van der Waals surface area contributed by atoms with Gasteiger partial charge in [-0.1, -0.05) is 18.2 Å². The van der Waals surface area contributed by atoms with E-state index in [1.807, 2.05) is 43.6 Å². The number of pyridine rings is 1. The van der Waals surface area contributed by atoms with Crippen molar-refractivity contribution in [1.82, 2.24) is 0 Å². The number of benzene rings is 1. The Balaban J connectivity index is 0.00000108. The molecule has 0 saturated carbocycles. The van der Waals surface area contributed by atoms with Crippen LogP contribution in [-0.2, 0) is 7.05 Å². The van der Waals surface area contributed by atoms with E-state index in [9.17, 15) is 0 Å². The molecule has 0 aliphatic heterocycles. The molecule has 0 atom stereocenters. The van der Waals surface area contributed by atoms with Crippen molar-refractivity contribution in [3.8, 4) is 11.5 Å². The van der Waals surface area contributed by atoms with Crippen molar-refractivity contribution in [3.63, 3.8) is 0 Å². The van der Waals surface area contributed by atoms with Crippen LogP contribution in [0.4, 0.5) is 0 Å². The Morgan fingerprint density at radius 1 is 1.00 bits per heavy atom. The predicted molar refractivity (Wildman–Crippen MR) is 62.8 cm³/mol. The fourth-order valence-electron chi connectivity index (χ4n) is 1.89. The van der Waals surface area contributed by atoms with Crippen LogP contribution in [0.25, 0.3) is 22.4 Å². The Labute approximate surface area is 117 Å². The molecule has 0 bridgehead atoms. The summed E-state index contributed by atoms with van der Waals surface area (Å²) in [4.78, 5) is 0. The van der Waals surface area contributed by atoms with E-state index in [2.05, 4.69) is 22.8 Å². The van der Waals surface area contributed by atoms with E-state index in [1.165, 1.54) is 0 Å². The van der Waals surface area contributed by atoms with E-state index in [0.29, 0.717) is 0 Å². The molecule has 0 aliphatic rings. The number of para-hydroxylation sites is 1. The summed E-state index contributed by atoms with van der Waals surface area (Å²) in [5, 5.41) is 1.14. The van der Waals surface area contributed by atoms with Crippen LogP contribution in [0.2, 0.25) is 0 Å². The maximum absolute atomic E-state index is 5.81. The Morgan fingerprint density at radius 3 is 2.53 bits per heavy atom. The minimum atomic E-state index is 0. The highest BCUT2D eigenvalue weighted by atomic mass is 127. The van der Waals surface area contributed by atoms with Crippen LogP contribution in [0.3, 0.4) is 0 Å². The van der Waals surface area contributed by atoms with Gasteiger partial charge in [0.1, 0.15) is 12.6 Å². The van der Waals surface area contributed by atoms with E-state index in [1.54, 1.807) is 0 Å². The average molecular weight is 337 g/mol. The molecule has 1 aromatic carbocycles. The lowest BCUT2D eigenvalue weighted by Crippen LogP contribution is -3.00. The average Bonchev–Trinajstić information content (AvgIpc) is 2.73. The van der Waals surface area contributed by atoms with Crippen LogP contribution in [0.5, 0.6) is 0 Å². The minimum absolute atomic E-state index is 0. The number of aryl methyl sites for hydroxylation is 1. The number of fused-ring (bicyclic) bond motifs is 1. The maximum Gasteiger partial charge on any atom is 0.248 e. The maximum atomic E-state index is 5.81. The Bertz CT molecular complexity index is 612. The zero-order valence-corrected chi connectivity index (χ0v) is 11.6. The van der Waals surface area contributed by atoms with E-state index >= 15 is 0 Å². The molecular formula is C14H12INO. The topological polar surface area (TPSA) is 17.0 Å². The van der Waals surface area contributed by atoms with Gasteiger partial charge in [0.25, 0.3) is 0 Å². The summed E-state index contributed by atoms with van der Waals surface area (Å²) in [5.74, 6) is 0.907. The molecule has 3 heteroatoms.